The predicted molar refractivity (Wildman–Crippen MR) is 225 cm³/mol. The van der Waals surface area contributed by atoms with Gasteiger partial charge in [-0.1, -0.05) is 164 Å². The zero-order valence-electron chi connectivity index (χ0n) is 34.4. The van der Waals surface area contributed by atoms with Gasteiger partial charge < -0.3 is 29.7 Å². The molecule has 2 unspecified atom stereocenters. The molecule has 0 aliphatic heterocycles. The molecule has 0 aromatic heterocycles. The Hall–Kier alpha value is -2.63. The van der Waals surface area contributed by atoms with Gasteiger partial charge in [-0.05, 0) is 44.9 Å². The summed E-state index contributed by atoms with van der Waals surface area (Å²) in [5, 5.41) is 28.1. The van der Waals surface area contributed by atoms with Crippen LogP contribution in [0.2, 0.25) is 0 Å². The number of phosphoric ester groups is 1. The number of carbonyl (C=O) groups is 2. The van der Waals surface area contributed by atoms with Crippen LogP contribution in [0.3, 0.4) is 0 Å². The number of hydrogen-bond donors (Lipinski definition) is 4. The molecule has 12 heteroatoms. The summed E-state index contributed by atoms with van der Waals surface area (Å²) in [7, 11) is -4.65. The highest BCUT2D eigenvalue weighted by atomic mass is 31.2. The quantitative estimate of drug-likeness (QED) is 0.0154. The van der Waals surface area contributed by atoms with Crippen LogP contribution in [0.15, 0.2) is 72.9 Å². The smallest absolute Gasteiger partial charge is 0.462 e. The van der Waals surface area contributed by atoms with Crippen molar-refractivity contribution in [3.63, 3.8) is 0 Å². The van der Waals surface area contributed by atoms with Crippen LogP contribution in [0.25, 0.3) is 0 Å². The number of rotatable bonds is 38. The summed E-state index contributed by atoms with van der Waals surface area (Å²) in [6.07, 6.45) is 40.7. The lowest BCUT2D eigenvalue weighted by Crippen LogP contribution is -2.29. The molecular weight excluding hydrogens is 735 g/mol. The molecule has 0 aromatic rings. The third-order valence-corrected chi connectivity index (χ3v) is 9.42. The van der Waals surface area contributed by atoms with E-state index in [-0.39, 0.29) is 19.4 Å². The summed E-state index contributed by atoms with van der Waals surface area (Å²) in [6, 6.07) is 0. The standard InChI is InChI=1S/C44H75O11P/c1-3-5-7-8-9-10-11-13-17-20-23-26-30-34-43(48)52-38-42(39-54-56(50,51)53-37-41(47)36-45)55-44(49)35-31-27-24-21-18-15-12-14-16-19-22-25-29-33-40(46)32-28-6-4-2/h6,14-16,18,22,24-25,27-29,33,40-42,45-47H,3-5,7-13,17,19-21,23,26,30-32,34-39H2,1-2H3,(H,50,51)/b16-14-,18-15-,25-22+,27-24-,28-6-,33-29+/t40?,41-,42+/m0/s1. The highest BCUT2D eigenvalue weighted by Crippen LogP contribution is 2.43. The Morgan fingerprint density at radius 3 is 1.77 bits per heavy atom. The SMILES string of the molecule is CC/C=C\CC(O)/C=C/C=C/C/C=C\C/C=C\C/C=C\CCC(=O)O[C@H](COC(=O)CCCCCCCCCCCCCCC)COP(=O)(O)OC[C@@H](O)CO. The first-order valence-electron chi connectivity index (χ1n) is 21.0. The second-order valence-electron chi connectivity index (χ2n) is 13.8. The van der Waals surface area contributed by atoms with Gasteiger partial charge in [0.05, 0.1) is 25.9 Å². The predicted octanol–water partition coefficient (Wildman–Crippen LogP) is 9.86. The number of allylic oxidation sites excluding steroid dienone is 10. The molecule has 322 valence electrons. The molecule has 56 heavy (non-hydrogen) atoms. The fraction of sp³-hybridized carbons (Fsp3) is 0.682. The van der Waals surface area contributed by atoms with Gasteiger partial charge in [0, 0.05) is 12.8 Å². The number of carbonyl (C=O) groups excluding carboxylic acids is 2. The number of phosphoric acid groups is 1. The van der Waals surface area contributed by atoms with Crippen molar-refractivity contribution < 1.29 is 52.9 Å². The molecule has 11 nitrogen and oxygen atoms in total. The molecule has 0 aromatic carbocycles. The summed E-state index contributed by atoms with van der Waals surface area (Å²) in [5.74, 6) is -1.05. The Morgan fingerprint density at radius 2 is 1.18 bits per heavy atom. The molecule has 0 heterocycles. The third kappa shape index (κ3) is 38.3. The van der Waals surface area contributed by atoms with Crippen LogP contribution in [-0.4, -0.2) is 76.9 Å². The summed E-state index contributed by atoms with van der Waals surface area (Å²) in [6.45, 7) is 2.06. The Balaban J connectivity index is 4.50. The van der Waals surface area contributed by atoms with Crippen LogP contribution in [-0.2, 0) is 32.7 Å². The van der Waals surface area contributed by atoms with E-state index in [0.717, 1.165) is 38.5 Å². The number of aliphatic hydroxyl groups excluding tert-OH is 3. The number of esters is 2. The normalized spacial score (nSPS) is 15.2. The first-order valence-corrected chi connectivity index (χ1v) is 22.5. The molecule has 4 atom stereocenters. The number of unbranched alkanes of at least 4 members (excludes halogenated alkanes) is 12. The Labute approximate surface area is 338 Å². The Bertz CT molecular complexity index is 1180. The summed E-state index contributed by atoms with van der Waals surface area (Å²) in [4.78, 5) is 34.9. The number of aliphatic hydroxyl groups is 3. The minimum atomic E-state index is -4.65. The largest absolute Gasteiger partial charge is 0.472 e. The van der Waals surface area contributed by atoms with Crippen molar-refractivity contribution in [1.82, 2.24) is 0 Å². The van der Waals surface area contributed by atoms with Gasteiger partial charge in [-0.25, -0.2) is 4.57 Å². The molecule has 0 amide bonds. The van der Waals surface area contributed by atoms with Crippen LogP contribution in [0.5, 0.6) is 0 Å². The van der Waals surface area contributed by atoms with Crippen molar-refractivity contribution in [2.24, 2.45) is 0 Å². The van der Waals surface area contributed by atoms with E-state index in [1.165, 1.54) is 57.8 Å². The van der Waals surface area contributed by atoms with Gasteiger partial charge in [0.1, 0.15) is 12.7 Å². The maximum Gasteiger partial charge on any atom is 0.472 e. The number of ether oxygens (including phenoxy) is 2. The van der Waals surface area contributed by atoms with E-state index in [2.05, 4.69) is 36.6 Å². The molecule has 0 aliphatic rings. The Morgan fingerprint density at radius 1 is 0.625 bits per heavy atom. The minimum Gasteiger partial charge on any atom is -0.462 e. The second-order valence-corrected chi connectivity index (χ2v) is 15.3. The molecular formula is C44H75O11P. The first kappa shape index (κ1) is 53.4. The topological polar surface area (TPSA) is 169 Å². The first-order chi connectivity index (χ1) is 27.1. The molecule has 0 fully saturated rings. The molecule has 0 spiro atoms. The molecule has 0 saturated carbocycles. The van der Waals surface area contributed by atoms with Crippen molar-refractivity contribution in [2.45, 2.75) is 167 Å². The zero-order valence-corrected chi connectivity index (χ0v) is 35.3. The zero-order chi connectivity index (χ0) is 41.4. The van der Waals surface area contributed by atoms with Crippen LogP contribution in [0.4, 0.5) is 0 Å². The fourth-order valence-corrected chi connectivity index (χ4v) is 6.01. The minimum absolute atomic E-state index is 0.0416. The van der Waals surface area contributed by atoms with Crippen molar-refractivity contribution >= 4 is 19.8 Å². The Kier molecular flexibility index (Phi) is 37.4. The fourth-order valence-electron chi connectivity index (χ4n) is 5.22. The highest BCUT2D eigenvalue weighted by molar-refractivity contribution is 7.47. The van der Waals surface area contributed by atoms with Crippen LogP contribution in [0, 0.1) is 0 Å². The van der Waals surface area contributed by atoms with Gasteiger partial charge in [-0.2, -0.15) is 0 Å². The van der Waals surface area contributed by atoms with Crippen molar-refractivity contribution in [1.29, 1.82) is 0 Å². The van der Waals surface area contributed by atoms with E-state index in [9.17, 15) is 29.3 Å². The van der Waals surface area contributed by atoms with Gasteiger partial charge in [-0.15, -0.1) is 0 Å². The van der Waals surface area contributed by atoms with E-state index < -0.39 is 57.9 Å². The van der Waals surface area contributed by atoms with Crippen LogP contribution >= 0.6 is 7.82 Å². The van der Waals surface area contributed by atoms with Crippen LogP contribution < -0.4 is 0 Å². The molecule has 0 radical (unpaired) electrons. The summed E-state index contributed by atoms with van der Waals surface area (Å²) >= 11 is 0. The highest BCUT2D eigenvalue weighted by Gasteiger charge is 2.27. The van der Waals surface area contributed by atoms with Crippen molar-refractivity contribution in [3.8, 4) is 0 Å². The van der Waals surface area contributed by atoms with E-state index >= 15 is 0 Å². The van der Waals surface area contributed by atoms with E-state index in [4.69, 9.17) is 19.1 Å². The monoisotopic (exact) mass is 811 g/mol. The molecule has 0 aliphatic carbocycles. The summed E-state index contributed by atoms with van der Waals surface area (Å²) < 4.78 is 32.6. The average Bonchev–Trinajstić information content (AvgIpc) is 3.18. The van der Waals surface area contributed by atoms with Gasteiger partial charge in [-0.3, -0.25) is 18.6 Å². The van der Waals surface area contributed by atoms with Crippen molar-refractivity contribution in [2.75, 3.05) is 26.4 Å². The van der Waals surface area contributed by atoms with E-state index in [1.54, 1.807) is 6.08 Å². The van der Waals surface area contributed by atoms with Crippen molar-refractivity contribution in [3.05, 3.63) is 72.9 Å². The van der Waals surface area contributed by atoms with E-state index in [1.807, 2.05) is 48.6 Å². The maximum absolute atomic E-state index is 12.6. The van der Waals surface area contributed by atoms with Crippen LogP contribution in [0.1, 0.15) is 149 Å². The molecule has 0 bridgehead atoms. The lowest BCUT2D eigenvalue weighted by Gasteiger charge is -2.20. The van der Waals surface area contributed by atoms with Gasteiger partial charge in [0.2, 0.25) is 0 Å². The average molecular weight is 811 g/mol. The summed E-state index contributed by atoms with van der Waals surface area (Å²) in [5.41, 5.74) is 0. The third-order valence-electron chi connectivity index (χ3n) is 8.47. The molecule has 0 rings (SSSR count). The van der Waals surface area contributed by atoms with E-state index in [0.29, 0.717) is 25.7 Å². The second kappa shape index (κ2) is 39.2. The van der Waals surface area contributed by atoms with Gasteiger partial charge in [0.15, 0.2) is 6.10 Å². The lowest BCUT2D eigenvalue weighted by atomic mass is 10.0. The molecule has 4 N–H and O–H groups in total. The number of hydrogen-bond acceptors (Lipinski definition) is 10. The van der Waals surface area contributed by atoms with Gasteiger partial charge >= 0.3 is 19.8 Å². The lowest BCUT2D eigenvalue weighted by molar-refractivity contribution is -0.161. The van der Waals surface area contributed by atoms with Gasteiger partial charge in [0.25, 0.3) is 0 Å². The molecule has 0 saturated heterocycles. The maximum atomic E-state index is 12.6.